The number of fused-ring (bicyclic) bond motifs is 3. The molecule has 7 heteroatoms. The average Bonchev–Trinajstić information content (AvgIpc) is 3.38. The van der Waals surface area contributed by atoms with Crippen LogP contribution < -0.4 is 5.32 Å². The van der Waals surface area contributed by atoms with Crippen LogP contribution in [0, 0.1) is 5.92 Å². The number of nitrogens with one attached hydrogen (secondary N) is 1. The molecule has 0 unspecified atom stereocenters. The lowest BCUT2D eigenvalue weighted by Gasteiger charge is -2.45. The molecule has 3 aromatic rings. The van der Waals surface area contributed by atoms with Gasteiger partial charge in [-0.05, 0) is 74.8 Å². The van der Waals surface area contributed by atoms with Crippen LogP contribution in [0.4, 0.5) is 0 Å². The molecular formula is C27H32ClN3O2S. The normalized spacial score (nSPS) is 24.9. The maximum Gasteiger partial charge on any atom is 0.271 e. The van der Waals surface area contributed by atoms with Gasteiger partial charge in [0.25, 0.3) is 5.91 Å². The number of rotatable bonds is 5. The molecule has 2 aliphatic rings. The monoisotopic (exact) mass is 497 g/mol. The van der Waals surface area contributed by atoms with E-state index < -0.39 is 5.54 Å². The van der Waals surface area contributed by atoms with Crippen molar-refractivity contribution in [2.75, 3.05) is 0 Å². The van der Waals surface area contributed by atoms with Gasteiger partial charge < -0.3 is 14.8 Å². The number of carbonyl (C=O) groups excluding carboxylic acids is 2. The highest BCUT2D eigenvalue weighted by molar-refractivity contribution is 7.19. The van der Waals surface area contributed by atoms with E-state index in [-0.39, 0.29) is 17.9 Å². The highest BCUT2D eigenvalue weighted by Crippen LogP contribution is 2.37. The molecule has 1 atom stereocenters. The van der Waals surface area contributed by atoms with Crippen molar-refractivity contribution >= 4 is 45.0 Å². The molecule has 34 heavy (non-hydrogen) atoms. The van der Waals surface area contributed by atoms with Crippen LogP contribution in [0.1, 0.15) is 67.4 Å². The van der Waals surface area contributed by atoms with Gasteiger partial charge in [-0.25, -0.2) is 0 Å². The lowest BCUT2D eigenvalue weighted by Crippen LogP contribution is -2.64. The number of carbonyl (C=O) groups is 2. The summed E-state index contributed by atoms with van der Waals surface area (Å²) in [4.78, 5) is 30.8. The van der Waals surface area contributed by atoms with Gasteiger partial charge in [-0.2, -0.15) is 0 Å². The molecule has 0 spiro atoms. The first-order valence-electron chi connectivity index (χ1n) is 12.3. The summed E-state index contributed by atoms with van der Waals surface area (Å²) in [6, 6.07) is 11.9. The van der Waals surface area contributed by atoms with Crippen molar-refractivity contribution in [3.63, 3.8) is 0 Å². The van der Waals surface area contributed by atoms with E-state index in [9.17, 15) is 9.59 Å². The number of benzene rings is 1. The van der Waals surface area contributed by atoms with Crippen LogP contribution in [-0.2, 0) is 24.3 Å². The summed E-state index contributed by atoms with van der Waals surface area (Å²) in [5.41, 5.74) is 1.68. The Kier molecular flexibility index (Phi) is 6.23. The van der Waals surface area contributed by atoms with E-state index in [0.29, 0.717) is 29.7 Å². The Labute approximate surface area is 210 Å². The Morgan fingerprint density at radius 3 is 2.56 bits per heavy atom. The Hall–Kier alpha value is -2.31. The third kappa shape index (κ3) is 4.16. The third-order valence-corrected chi connectivity index (χ3v) is 9.08. The highest BCUT2D eigenvalue weighted by atomic mass is 35.5. The van der Waals surface area contributed by atoms with Gasteiger partial charge in [0.05, 0.1) is 16.8 Å². The Morgan fingerprint density at radius 2 is 1.88 bits per heavy atom. The number of halogens is 1. The topological polar surface area (TPSA) is 54.3 Å². The number of hydrogen-bond donors (Lipinski definition) is 1. The second kappa shape index (κ2) is 9.04. The number of thiophene rings is 1. The van der Waals surface area contributed by atoms with E-state index in [2.05, 4.69) is 29.8 Å². The number of hydrogen-bond acceptors (Lipinski definition) is 3. The molecule has 2 aromatic heterocycles. The largest absolute Gasteiger partial charge is 0.351 e. The number of aryl methyl sites for hydroxylation is 1. The molecular weight excluding hydrogens is 466 g/mol. The van der Waals surface area contributed by atoms with E-state index >= 15 is 0 Å². The molecule has 0 bridgehead atoms. The van der Waals surface area contributed by atoms with E-state index in [1.807, 2.05) is 37.3 Å². The first-order chi connectivity index (χ1) is 16.3. The quantitative estimate of drug-likeness (QED) is 0.468. The average molecular weight is 498 g/mol. The van der Waals surface area contributed by atoms with Gasteiger partial charge in [-0.15, -0.1) is 11.3 Å². The summed E-state index contributed by atoms with van der Waals surface area (Å²) in [6.07, 6.45) is 5.22. The van der Waals surface area contributed by atoms with Crippen LogP contribution >= 0.6 is 22.9 Å². The lowest BCUT2D eigenvalue weighted by atomic mass is 9.86. The molecule has 0 saturated heterocycles. The van der Waals surface area contributed by atoms with Crippen LogP contribution in [0.5, 0.6) is 0 Å². The summed E-state index contributed by atoms with van der Waals surface area (Å²) in [5, 5.41) is 3.97. The highest BCUT2D eigenvalue weighted by Gasteiger charge is 2.48. The SMILES string of the molecule is CCc1cc2c(cc3n2C[C@](C)(C(=O)NC2CCC(C)CC2)N(Cc2ccc(Cl)cc2)C3=O)s1. The molecule has 1 aromatic carbocycles. The van der Waals surface area contributed by atoms with E-state index in [1.165, 1.54) is 4.88 Å². The summed E-state index contributed by atoms with van der Waals surface area (Å²) in [7, 11) is 0. The van der Waals surface area contributed by atoms with E-state index in [1.54, 1.807) is 16.2 Å². The van der Waals surface area contributed by atoms with Gasteiger partial charge in [0.15, 0.2) is 0 Å². The van der Waals surface area contributed by atoms with Crippen LogP contribution in [-0.4, -0.2) is 32.9 Å². The van der Waals surface area contributed by atoms with Gasteiger partial charge in [-0.3, -0.25) is 9.59 Å². The molecule has 180 valence electrons. The zero-order chi connectivity index (χ0) is 24.0. The first kappa shape index (κ1) is 23.4. The van der Waals surface area contributed by atoms with Crippen LogP contribution in [0.2, 0.25) is 5.02 Å². The Balaban J connectivity index is 1.51. The third-order valence-electron chi connectivity index (χ3n) is 7.61. The number of aromatic nitrogens is 1. The van der Waals surface area contributed by atoms with Crippen LogP contribution in [0.3, 0.4) is 0 Å². The fourth-order valence-corrected chi connectivity index (χ4v) is 6.50. The molecule has 1 N–H and O–H groups in total. The predicted octanol–water partition coefficient (Wildman–Crippen LogP) is 6.03. The van der Waals surface area contributed by atoms with Gasteiger partial charge >= 0.3 is 0 Å². The second-order valence-electron chi connectivity index (χ2n) is 10.2. The van der Waals surface area contributed by atoms with Crippen molar-refractivity contribution in [3.05, 3.63) is 57.6 Å². The fourth-order valence-electron chi connectivity index (χ4n) is 5.33. The maximum atomic E-state index is 13.9. The fraction of sp³-hybridized carbons (Fsp3) is 0.481. The molecule has 5 nitrogen and oxygen atoms in total. The number of amides is 2. The van der Waals surface area contributed by atoms with Gasteiger partial charge in [0.2, 0.25) is 5.91 Å². The van der Waals surface area contributed by atoms with Gasteiger partial charge in [-0.1, -0.05) is 37.6 Å². The van der Waals surface area contributed by atoms with Crippen molar-refractivity contribution in [1.29, 1.82) is 0 Å². The Bertz CT molecular complexity index is 1220. The molecule has 1 saturated carbocycles. The predicted molar refractivity (Wildman–Crippen MR) is 138 cm³/mol. The maximum absolute atomic E-state index is 13.9. The van der Waals surface area contributed by atoms with Crippen LogP contribution in [0.25, 0.3) is 10.2 Å². The summed E-state index contributed by atoms with van der Waals surface area (Å²) in [5.74, 6) is 0.550. The van der Waals surface area contributed by atoms with Crippen molar-refractivity contribution < 1.29 is 9.59 Å². The zero-order valence-electron chi connectivity index (χ0n) is 20.1. The minimum atomic E-state index is -0.993. The summed E-state index contributed by atoms with van der Waals surface area (Å²) in [6.45, 7) is 7.14. The van der Waals surface area contributed by atoms with Gasteiger partial charge in [0, 0.05) is 22.5 Å². The molecule has 5 rings (SSSR count). The minimum absolute atomic E-state index is 0.0622. The minimum Gasteiger partial charge on any atom is -0.351 e. The van der Waals surface area contributed by atoms with Crippen molar-refractivity contribution in [3.8, 4) is 0 Å². The van der Waals surface area contributed by atoms with E-state index in [0.717, 1.165) is 47.9 Å². The molecule has 2 amide bonds. The molecule has 1 fully saturated rings. The van der Waals surface area contributed by atoms with Gasteiger partial charge in [0.1, 0.15) is 11.2 Å². The zero-order valence-corrected chi connectivity index (χ0v) is 21.6. The lowest BCUT2D eigenvalue weighted by molar-refractivity contribution is -0.134. The van der Waals surface area contributed by atoms with Crippen molar-refractivity contribution in [2.45, 2.75) is 77.5 Å². The Morgan fingerprint density at radius 1 is 1.18 bits per heavy atom. The summed E-state index contributed by atoms with van der Waals surface area (Å²) >= 11 is 7.82. The van der Waals surface area contributed by atoms with Crippen LogP contribution in [0.15, 0.2) is 36.4 Å². The first-order valence-corrected chi connectivity index (χ1v) is 13.5. The van der Waals surface area contributed by atoms with E-state index in [4.69, 9.17) is 11.6 Å². The molecule has 1 aliphatic carbocycles. The molecule has 0 radical (unpaired) electrons. The van der Waals surface area contributed by atoms with Crippen molar-refractivity contribution in [1.82, 2.24) is 14.8 Å². The second-order valence-corrected chi connectivity index (χ2v) is 11.8. The van der Waals surface area contributed by atoms with Crippen molar-refractivity contribution in [2.24, 2.45) is 5.92 Å². The smallest absolute Gasteiger partial charge is 0.271 e. The molecule has 1 aliphatic heterocycles. The standard InChI is InChI=1S/C27H32ClN3O2S/c1-4-21-13-22-24(34-21)14-23-25(32)31(15-18-7-9-19(28)10-8-18)27(3,16-30(22)23)26(33)29-20-11-5-17(2)6-12-20/h7-10,13-14,17,20H,4-6,11-12,15-16H2,1-3H3,(H,29,33)/t17?,20?,27-/m1/s1. The molecule has 3 heterocycles. The number of nitrogens with zero attached hydrogens (tertiary/aromatic N) is 2. The summed E-state index contributed by atoms with van der Waals surface area (Å²) < 4.78 is 3.17.